The molecule has 2 aromatic carbocycles. The molecule has 0 radical (unpaired) electrons. The average Bonchev–Trinajstić information content (AvgIpc) is 2.97. The molecule has 154 valence electrons. The molecule has 1 fully saturated rings. The molecule has 0 aromatic heterocycles. The number of allylic oxidation sites excluding steroid dienone is 2. The van der Waals surface area contributed by atoms with Crippen LogP contribution in [0.25, 0.3) is 0 Å². The zero-order valence-electron chi connectivity index (χ0n) is 16.4. The summed E-state index contributed by atoms with van der Waals surface area (Å²) in [5, 5.41) is 3.42. The molecule has 30 heavy (non-hydrogen) atoms. The molecule has 0 unspecified atom stereocenters. The third-order valence-electron chi connectivity index (χ3n) is 5.30. The molecule has 2 aliphatic rings. The van der Waals surface area contributed by atoms with Crippen molar-refractivity contribution in [1.82, 2.24) is 0 Å². The van der Waals surface area contributed by atoms with Crippen molar-refractivity contribution in [3.05, 3.63) is 65.2 Å². The molecular weight excluding hydrogens is 420 g/mol. The minimum atomic E-state index is -0.240. The quantitative estimate of drug-likeness (QED) is 0.410. The van der Waals surface area contributed by atoms with E-state index in [9.17, 15) is 14.4 Å². The van der Waals surface area contributed by atoms with Gasteiger partial charge in [-0.15, -0.1) is 11.8 Å². The zero-order chi connectivity index (χ0) is 21.3. The fraction of sp³-hybridized carbons (Fsp3) is 0.261. The van der Waals surface area contributed by atoms with Crippen LogP contribution in [0.1, 0.15) is 18.4 Å². The Balaban J connectivity index is 1.36. The van der Waals surface area contributed by atoms with E-state index in [1.54, 1.807) is 18.2 Å². The maximum absolute atomic E-state index is 12.7. The third-order valence-corrected chi connectivity index (χ3v) is 6.53. The molecule has 0 saturated carbocycles. The van der Waals surface area contributed by atoms with Crippen LogP contribution in [-0.2, 0) is 14.4 Å². The Hall–Kier alpha value is -2.57. The first kappa shape index (κ1) is 20.7. The number of amides is 3. The number of halogens is 1. The van der Waals surface area contributed by atoms with E-state index in [1.165, 1.54) is 16.7 Å². The van der Waals surface area contributed by atoms with Gasteiger partial charge >= 0.3 is 0 Å². The smallest absolute Gasteiger partial charge is 0.238 e. The van der Waals surface area contributed by atoms with Gasteiger partial charge in [0.25, 0.3) is 0 Å². The van der Waals surface area contributed by atoms with Gasteiger partial charge in [0.1, 0.15) is 0 Å². The predicted molar refractivity (Wildman–Crippen MR) is 120 cm³/mol. The van der Waals surface area contributed by atoms with E-state index >= 15 is 0 Å². The van der Waals surface area contributed by atoms with Crippen molar-refractivity contribution in [2.75, 3.05) is 16.0 Å². The van der Waals surface area contributed by atoms with E-state index in [2.05, 4.69) is 5.32 Å². The minimum absolute atomic E-state index is 0.119. The van der Waals surface area contributed by atoms with E-state index in [1.807, 2.05) is 43.3 Å². The van der Waals surface area contributed by atoms with Gasteiger partial charge in [0.05, 0.1) is 23.3 Å². The molecule has 5 nitrogen and oxygen atoms in total. The summed E-state index contributed by atoms with van der Waals surface area (Å²) in [5.74, 6) is -0.614. The Kier molecular flexibility index (Phi) is 5.97. The number of rotatable bonds is 5. The Labute approximate surface area is 184 Å². The second-order valence-electron chi connectivity index (χ2n) is 7.52. The topological polar surface area (TPSA) is 66.5 Å². The Morgan fingerprint density at radius 1 is 1.07 bits per heavy atom. The highest BCUT2D eigenvalue weighted by atomic mass is 35.5. The van der Waals surface area contributed by atoms with Crippen LogP contribution in [-0.4, -0.2) is 23.5 Å². The lowest BCUT2D eigenvalue weighted by Gasteiger charge is -2.15. The van der Waals surface area contributed by atoms with Crippen LogP contribution in [0.2, 0.25) is 5.02 Å². The summed E-state index contributed by atoms with van der Waals surface area (Å²) >= 11 is 7.41. The van der Waals surface area contributed by atoms with Gasteiger partial charge in [0, 0.05) is 15.6 Å². The molecule has 1 N–H and O–H groups in total. The van der Waals surface area contributed by atoms with Crippen LogP contribution in [0.4, 0.5) is 11.4 Å². The second kappa shape index (κ2) is 8.66. The number of nitrogens with zero attached hydrogens (tertiary/aromatic N) is 1. The molecule has 3 amide bonds. The van der Waals surface area contributed by atoms with E-state index in [4.69, 9.17) is 11.6 Å². The Morgan fingerprint density at radius 3 is 2.30 bits per heavy atom. The normalized spacial score (nSPS) is 20.4. The lowest BCUT2D eigenvalue weighted by molar-refractivity contribution is -0.122. The largest absolute Gasteiger partial charge is 0.325 e. The van der Waals surface area contributed by atoms with E-state index < -0.39 is 0 Å². The van der Waals surface area contributed by atoms with Gasteiger partial charge in [-0.1, -0.05) is 23.8 Å². The predicted octanol–water partition coefficient (Wildman–Crippen LogP) is 4.83. The number of aryl methyl sites for hydroxylation is 1. The molecule has 0 spiro atoms. The number of benzene rings is 2. The highest BCUT2D eigenvalue weighted by Crippen LogP contribution is 2.38. The number of fused-ring (bicyclic) bond motifs is 1. The van der Waals surface area contributed by atoms with E-state index in [0.29, 0.717) is 29.2 Å². The SMILES string of the molecule is Cc1cc(Cl)cc(NC(=O)CSc2ccc(N3C(=O)[C@@H]4CC=CC[C@H]4C3=O)cc2)c1. The first-order valence-corrected chi connectivity index (χ1v) is 11.1. The number of hydrogen-bond donors (Lipinski definition) is 1. The molecule has 1 aliphatic carbocycles. The number of nitrogens with one attached hydrogen (secondary N) is 1. The summed E-state index contributed by atoms with van der Waals surface area (Å²) in [7, 11) is 0. The number of imide groups is 1. The van der Waals surface area contributed by atoms with Gasteiger partial charge in [-0.3, -0.25) is 19.3 Å². The van der Waals surface area contributed by atoms with E-state index in [0.717, 1.165) is 10.5 Å². The number of carbonyl (C=O) groups is 3. The highest BCUT2D eigenvalue weighted by molar-refractivity contribution is 8.00. The number of carbonyl (C=O) groups excluding carboxylic acids is 3. The number of thioether (sulfide) groups is 1. The fourth-order valence-corrected chi connectivity index (χ4v) is 4.89. The second-order valence-corrected chi connectivity index (χ2v) is 9.00. The van der Waals surface area contributed by atoms with Crippen LogP contribution in [0.5, 0.6) is 0 Å². The summed E-state index contributed by atoms with van der Waals surface area (Å²) in [6, 6.07) is 12.6. The van der Waals surface area contributed by atoms with Crippen molar-refractivity contribution in [3.63, 3.8) is 0 Å². The van der Waals surface area contributed by atoms with Gasteiger partial charge in [0.15, 0.2) is 0 Å². The van der Waals surface area contributed by atoms with Gasteiger partial charge < -0.3 is 5.32 Å². The summed E-state index contributed by atoms with van der Waals surface area (Å²) in [6.07, 6.45) is 5.21. The lowest BCUT2D eigenvalue weighted by Crippen LogP contribution is -2.30. The van der Waals surface area contributed by atoms with Gasteiger partial charge in [-0.25, -0.2) is 0 Å². The molecule has 4 rings (SSSR count). The molecule has 2 atom stereocenters. The minimum Gasteiger partial charge on any atom is -0.325 e. The zero-order valence-corrected chi connectivity index (χ0v) is 18.0. The van der Waals surface area contributed by atoms with Crippen molar-refractivity contribution in [2.45, 2.75) is 24.7 Å². The maximum Gasteiger partial charge on any atom is 0.238 e. The summed E-state index contributed by atoms with van der Waals surface area (Å²) in [6.45, 7) is 1.92. The van der Waals surface area contributed by atoms with Gasteiger partial charge in [-0.05, 0) is 67.8 Å². The molecule has 0 bridgehead atoms. The van der Waals surface area contributed by atoms with Crippen molar-refractivity contribution < 1.29 is 14.4 Å². The highest BCUT2D eigenvalue weighted by Gasteiger charge is 2.47. The van der Waals surface area contributed by atoms with Crippen LogP contribution in [0, 0.1) is 18.8 Å². The number of hydrogen-bond acceptors (Lipinski definition) is 4. The van der Waals surface area contributed by atoms with Crippen LogP contribution >= 0.6 is 23.4 Å². The van der Waals surface area contributed by atoms with Crippen LogP contribution < -0.4 is 10.2 Å². The first-order chi connectivity index (χ1) is 14.4. The van der Waals surface area contributed by atoms with Crippen molar-refractivity contribution in [1.29, 1.82) is 0 Å². The lowest BCUT2D eigenvalue weighted by atomic mass is 9.85. The summed E-state index contributed by atoms with van der Waals surface area (Å²) < 4.78 is 0. The van der Waals surface area contributed by atoms with Crippen molar-refractivity contribution in [2.24, 2.45) is 11.8 Å². The Morgan fingerprint density at radius 2 is 1.70 bits per heavy atom. The summed E-state index contributed by atoms with van der Waals surface area (Å²) in [4.78, 5) is 39.8. The third kappa shape index (κ3) is 4.30. The maximum atomic E-state index is 12.7. The molecule has 1 saturated heterocycles. The van der Waals surface area contributed by atoms with Crippen LogP contribution in [0.3, 0.4) is 0 Å². The standard InChI is InChI=1S/C23H21ClN2O3S/c1-14-10-15(24)12-16(11-14)25-21(27)13-30-18-8-6-17(7-9-18)26-22(28)19-4-2-3-5-20(19)23(26)29/h2-3,6-12,19-20H,4-5,13H2,1H3,(H,25,27)/t19-,20-/m1/s1. The number of anilines is 2. The monoisotopic (exact) mass is 440 g/mol. The van der Waals surface area contributed by atoms with Crippen LogP contribution in [0.15, 0.2) is 59.5 Å². The molecule has 2 aromatic rings. The molecular formula is C23H21ClN2O3S. The summed E-state index contributed by atoms with van der Waals surface area (Å²) in [5.41, 5.74) is 2.23. The van der Waals surface area contributed by atoms with Crippen molar-refractivity contribution >= 4 is 52.5 Å². The molecule has 7 heteroatoms. The fourth-order valence-electron chi connectivity index (χ4n) is 3.90. The molecule has 1 aliphatic heterocycles. The first-order valence-electron chi connectivity index (χ1n) is 9.75. The van der Waals surface area contributed by atoms with Gasteiger partial charge in [0.2, 0.25) is 17.7 Å². The van der Waals surface area contributed by atoms with Crippen molar-refractivity contribution in [3.8, 4) is 0 Å². The van der Waals surface area contributed by atoms with E-state index in [-0.39, 0.29) is 35.3 Å². The average molecular weight is 441 g/mol. The Bertz CT molecular complexity index is 989. The van der Waals surface area contributed by atoms with Gasteiger partial charge in [-0.2, -0.15) is 0 Å². The molecule has 1 heterocycles.